The van der Waals surface area contributed by atoms with E-state index in [0.717, 1.165) is 19.0 Å². The number of anilines is 1. The average molecular weight is 337 g/mol. The van der Waals surface area contributed by atoms with Crippen molar-refractivity contribution in [2.45, 2.75) is 25.1 Å². The topological polar surface area (TPSA) is 55.6 Å². The molecule has 0 aliphatic heterocycles. The SMILES string of the molecule is Fc1ccccc1-n1c(NC2CC2)nc2cnc(C(F)(F)F)nc21. The number of imidazole rings is 1. The summed E-state index contributed by atoms with van der Waals surface area (Å²) >= 11 is 0. The maximum absolute atomic E-state index is 14.2. The number of rotatable bonds is 3. The highest BCUT2D eigenvalue weighted by molar-refractivity contribution is 5.77. The monoisotopic (exact) mass is 337 g/mol. The summed E-state index contributed by atoms with van der Waals surface area (Å²) in [5, 5.41) is 3.09. The van der Waals surface area contributed by atoms with E-state index < -0.39 is 17.8 Å². The van der Waals surface area contributed by atoms with Gasteiger partial charge < -0.3 is 5.32 Å². The highest BCUT2D eigenvalue weighted by atomic mass is 19.4. The van der Waals surface area contributed by atoms with Crippen LogP contribution in [0.15, 0.2) is 30.5 Å². The Bertz CT molecular complexity index is 914. The number of hydrogen-bond donors (Lipinski definition) is 1. The number of nitrogens with one attached hydrogen (secondary N) is 1. The fourth-order valence-corrected chi connectivity index (χ4v) is 2.38. The van der Waals surface area contributed by atoms with Gasteiger partial charge in [-0.25, -0.2) is 19.3 Å². The van der Waals surface area contributed by atoms with Gasteiger partial charge in [-0.05, 0) is 25.0 Å². The first kappa shape index (κ1) is 14.9. The van der Waals surface area contributed by atoms with Crippen molar-refractivity contribution in [3.63, 3.8) is 0 Å². The van der Waals surface area contributed by atoms with Gasteiger partial charge in [0.05, 0.1) is 11.9 Å². The van der Waals surface area contributed by atoms with Gasteiger partial charge in [-0.1, -0.05) is 12.1 Å². The number of aromatic nitrogens is 4. The minimum absolute atomic E-state index is 0.0787. The van der Waals surface area contributed by atoms with E-state index in [-0.39, 0.29) is 28.8 Å². The third kappa shape index (κ3) is 2.55. The summed E-state index contributed by atoms with van der Waals surface area (Å²) in [6.45, 7) is 0. The highest BCUT2D eigenvalue weighted by Gasteiger charge is 2.35. The van der Waals surface area contributed by atoms with Crippen LogP contribution in [0.25, 0.3) is 16.9 Å². The molecule has 0 bridgehead atoms. The Labute approximate surface area is 133 Å². The number of benzene rings is 1. The predicted octanol–water partition coefficient (Wildman–Crippen LogP) is 3.55. The minimum Gasteiger partial charge on any atom is -0.353 e. The van der Waals surface area contributed by atoms with E-state index in [9.17, 15) is 17.6 Å². The highest BCUT2D eigenvalue weighted by Crippen LogP contribution is 2.32. The third-order valence-corrected chi connectivity index (χ3v) is 3.66. The van der Waals surface area contributed by atoms with E-state index in [1.54, 1.807) is 6.07 Å². The molecule has 4 rings (SSSR count). The quantitative estimate of drug-likeness (QED) is 0.743. The Balaban J connectivity index is 1.97. The lowest BCUT2D eigenvalue weighted by atomic mass is 10.3. The van der Waals surface area contributed by atoms with Crippen molar-refractivity contribution in [3.05, 3.63) is 42.1 Å². The molecule has 1 fully saturated rings. The minimum atomic E-state index is -4.69. The molecule has 1 saturated carbocycles. The molecule has 24 heavy (non-hydrogen) atoms. The number of hydrogen-bond acceptors (Lipinski definition) is 4. The Morgan fingerprint density at radius 2 is 1.88 bits per heavy atom. The fourth-order valence-electron chi connectivity index (χ4n) is 2.38. The molecular formula is C15H11F4N5. The van der Waals surface area contributed by atoms with Crippen molar-refractivity contribution in [1.82, 2.24) is 19.5 Å². The lowest BCUT2D eigenvalue weighted by Gasteiger charge is -2.11. The molecule has 3 aromatic rings. The van der Waals surface area contributed by atoms with Crippen LogP contribution < -0.4 is 5.32 Å². The first-order chi connectivity index (χ1) is 11.4. The summed E-state index contributed by atoms with van der Waals surface area (Å²) < 4.78 is 54.2. The predicted molar refractivity (Wildman–Crippen MR) is 78.3 cm³/mol. The van der Waals surface area contributed by atoms with Gasteiger partial charge in [-0.2, -0.15) is 13.2 Å². The van der Waals surface area contributed by atoms with E-state index in [0.29, 0.717) is 0 Å². The normalized spacial score (nSPS) is 15.0. The molecule has 1 N–H and O–H groups in total. The Kier molecular flexibility index (Phi) is 3.19. The molecular weight excluding hydrogens is 326 g/mol. The molecule has 9 heteroatoms. The zero-order valence-corrected chi connectivity index (χ0v) is 12.2. The molecule has 1 aromatic carbocycles. The molecule has 0 saturated heterocycles. The van der Waals surface area contributed by atoms with Crippen molar-refractivity contribution in [1.29, 1.82) is 0 Å². The van der Waals surface area contributed by atoms with Gasteiger partial charge in [-0.15, -0.1) is 0 Å². The van der Waals surface area contributed by atoms with Gasteiger partial charge in [0.2, 0.25) is 11.8 Å². The molecule has 0 radical (unpaired) electrons. The number of para-hydroxylation sites is 1. The second-order valence-corrected chi connectivity index (χ2v) is 5.54. The largest absolute Gasteiger partial charge is 0.451 e. The van der Waals surface area contributed by atoms with Crippen LogP contribution >= 0.6 is 0 Å². The molecule has 2 heterocycles. The van der Waals surface area contributed by atoms with Gasteiger partial charge in [0, 0.05) is 6.04 Å². The first-order valence-corrected chi connectivity index (χ1v) is 7.27. The standard InChI is InChI=1S/C15H11F4N5/c16-9-3-1-2-4-11(9)24-12-10(22-14(24)21-8-5-6-8)7-20-13(23-12)15(17,18)19/h1-4,7-8H,5-6H2,(H,21,22). The molecule has 0 atom stereocenters. The van der Waals surface area contributed by atoms with E-state index >= 15 is 0 Å². The van der Waals surface area contributed by atoms with E-state index in [2.05, 4.69) is 20.3 Å². The number of nitrogens with zero attached hydrogens (tertiary/aromatic N) is 4. The number of fused-ring (bicyclic) bond motifs is 1. The molecule has 2 aromatic heterocycles. The lowest BCUT2D eigenvalue weighted by molar-refractivity contribution is -0.144. The Morgan fingerprint density at radius 1 is 1.12 bits per heavy atom. The van der Waals surface area contributed by atoms with E-state index in [1.165, 1.54) is 22.8 Å². The van der Waals surface area contributed by atoms with Gasteiger partial charge >= 0.3 is 6.18 Å². The summed E-state index contributed by atoms with van der Waals surface area (Å²) in [6.07, 6.45) is -1.83. The van der Waals surface area contributed by atoms with E-state index in [4.69, 9.17) is 0 Å². The van der Waals surface area contributed by atoms with Crippen LogP contribution in [0.1, 0.15) is 18.7 Å². The van der Waals surface area contributed by atoms with Crippen molar-refractivity contribution in [2.75, 3.05) is 5.32 Å². The third-order valence-electron chi connectivity index (χ3n) is 3.66. The van der Waals surface area contributed by atoms with Crippen molar-refractivity contribution in [3.8, 4) is 5.69 Å². The van der Waals surface area contributed by atoms with Crippen LogP contribution in [0.4, 0.5) is 23.5 Å². The molecule has 1 aliphatic rings. The number of halogens is 4. The lowest BCUT2D eigenvalue weighted by Crippen LogP contribution is -2.12. The smallest absolute Gasteiger partial charge is 0.353 e. The van der Waals surface area contributed by atoms with Crippen LogP contribution in [0.5, 0.6) is 0 Å². The summed E-state index contributed by atoms with van der Waals surface area (Å²) in [7, 11) is 0. The zero-order chi connectivity index (χ0) is 16.9. The van der Waals surface area contributed by atoms with Gasteiger partial charge in [0.1, 0.15) is 11.3 Å². The summed E-state index contributed by atoms with van der Waals surface area (Å²) in [5.74, 6) is -1.61. The van der Waals surface area contributed by atoms with Crippen LogP contribution in [0.2, 0.25) is 0 Å². The first-order valence-electron chi connectivity index (χ1n) is 7.27. The van der Waals surface area contributed by atoms with Gasteiger partial charge in [0.25, 0.3) is 0 Å². The molecule has 0 spiro atoms. The maximum Gasteiger partial charge on any atom is 0.451 e. The van der Waals surface area contributed by atoms with Crippen LogP contribution in [-0.4, -0.2) is 25.6 Å². The summed E-state index contributed by atoms with van der Waals surface area (Å²) in [5.41, 5.74) is 0.148. The Hall–Kier alpha value is -2.71. The van der Waals surface area contributed by atoms with E-state index in [1.807, 2.05) is 0 Å². The Morgan fingerprint density at radius 3 is 2.54 bits per heavy atom. The van der Waals surface area contributed by atoms with Crippen molar-refractivity contribution >= 4 is 17.1 Å². The molecule has 5 nitrogen and oxygen atoms in total. The molecule has 124 valence electrons. The van der Waals surface area contributed by atoms with Crippen LogP contribution in [0, 0.1) is 5.82 Å². The summed E-state index contributed by atoms with van der Waals surface area (Å²) in [4.78, 5) is 11.1. The van der Waals surface area contributed by atoms with Gasteiger partial charge in [0.15, 0.2) is 5.65 Å². The fraction of sp³-hybridized carbons (Fsp3) is 0.267. The zero-order valence-electron chi connectivity index (χ0n) is 12.2. The second kappa shape index (κ2) is 5.15. The molecule has 0 unspecified atom stereocenters. The summed E-state index contributed by atoms with van der Waals surface area (Å²) in [6, 6.07) is 5.97. The van der Waals surface area contributed by atoms with Crippen molar-refractivity contribution in [2.24, 2.45) is 0 Å². The maximum atomic E-state index is 14.2. The van der Waals surface area contributed by atoms with Crippen LogP contribution in [-0.2, 0) is 6.18 Å². The molecule has 1 aliphatic carbocycles. The number of alkyl halides is 3. The van der Waals surface area contributed by atoms with Gasteiger partial charge in [-0.3, -0.25) is 4.57 Å². The van der Waals surface area contributed by atoms with Crippen molar-refractivity contribution < 1.29 is 17.6 Å². The molecule has 0 amide bonds. The average Bonchev–Trinajstić information content (AvgIpc) is 3.26. The second-order valence-electron chi connectivity index (χ2n) is 5.54. The van der Waals surface area contributed by atoms with Crippen LogP contribution in [0.3, 0.4) is 0 Å².